The van der Waals surface area contributed by atoms with E-state index in [1.807, 2.05) is 12.4 Å². The van der Waals surface area contributed by atoms with Gasteiger partial charge in [-0.25, -0.2) is 9.97 Å². The van der Waals surface area contributed by atoms with E-state index in [4.69, 9.17) is 4.98 Å². The van der Waals surface area contributed by atoms with E-state index in [0.717, 1.165) is 5.65 Å². The van der Waals surface area contributed by atoms with Crippen LogP contribution in [0.25, 0.3) is 5.65 Å². The number of fused-ring (bicyclic) bond motifs is 1. The third-order valence-electron chi connectivity index (χ3n) is 2.72. The van der Waals surface area contributed by atoms with Crippen LogP contribution in [0.3, 0.4) is 0 Å². The molecule has 0 N–H and O–H groups in total. The Balaban J connectivity index is 2.78. The molecule has 0 saturated heterocycles. The van der Waals surface area contributed by atoms with Crippen molar-refractivity contribution in [2.75, 3.05) is 0 Å². The second-order valence-corrected chi connectivity index (χ2v) is 5.56. The van der Waals surface area contributed by atoms with Gasteiger partial charge in [0.2, 0.25) is 0 Å². The first-order valence-corrected chi connectivity index (χ1v) is 5.73. The maximum absolute atomic E-state index is 4.73. The fourth-order valence-corrected chi connectivity index (χ4v) is 2.02. The first-order chi connectivity index (χ1) is 7.41. The van der Waals surface area contributed by atoms with Crippen LogP contribution in [0.2, 0.25) is 0 Å². The van der Waals surface area contributed by atoms with Gasteiger partial charge in [0, 0.05) is 11.6 Å². The minimum absolute atomic E-state index is 0.0750. The lowest BCUT2D eigenvalue weighted by Crippen LogP contribution is -2.15. The number of aromatic nitrogens is 3. The quantitative estimate of drug-likeness (QED) is 0.734. The Labute approximate surface area is 96.5 Å². The first-order valence-electron chi connectivity index (χ1n) is 5.73. The molecule has 86 valence electrons. The van der Waals surface area contributed by atoms with E-state index < -0.39 is 0 Å². The molecule has 0 amide bonds. The summed E-state index contributed by atoms with van der Waals surface area (Å²) in [4.78, 5) is 8.90. The third-order valence-corrected chi connectivity index (χ3v) is 2.72. The van der Waals surface area contributed by atoms with Crippen LogP contribution in [0.4, 0.5) is 0 Å². The van der Waals surface area contributed by atoms with Crippen LogP contribution in [-0.4, -0.2) is 14.4 Å². The molecule has 0 aromatic carbocycles. The van der Waals surface area contributed by atoms with E-state index in [1.54, 1.807) is 6.20 Å². The van der Waals surface area contributed by atoms with Crippen molar-refractivity contribution in [1.29, 1.82) is 0 Å². The Hall–Kier alpha value is -1.38. The highest BCUT2D eigenvalue weighted by molar-refractivity contribution is 5.44. The molecule has 2 heterocycles. The van der Waals surface area contributed by atoms with Gasteiger partial charge in [0.1, 0.15) is 12.0 Å². The molecular weight excluding hydrogens is 198 g/mol. The van der Waals surface area contributed by atoms with Crippen molar-refractivity contribution in [3.05, 3.63) is 30.0 Å². The van der Waals surface area contributed by atoms with Crippen molar-refractivity contribution in [2.24, 2.45) is 0 Å². The molecule has 0 bridgehead atoms. The molecule has 0 aliphatic carbocycles. The summed E-state index contributed by atoms with van der Waals surface area (Å²) in [5.41, 5.74) is 3.51. The van der Waals surface area contributed by atoms with E-state index in [2.05, 4.69) is 44.0 Å². The van der Waals surface area contributed by atoms with Crippen molar-refractivity contribution in [3.63, 3.8) is 0 Å². The summed E-state index contributed by atoms with van der Waals surface area (Å²) < 4.78 is 2.10. The molecule has 0 spiro atoms. The van der Waals surface area contributed by atoms with Crippen LogP contribution in [0.15, 0.2) is 18.6 Å². The zero-order valence-electron chi connectivity index (χ0n) is 10.7. The Morgan fingerprint density at radius 2 is 1.94 bits per heavy atom. The summed E-state index contributed by atoms with van der Waals surface area (Å²) in [6, 6.07) is 1.96. The normalized spacial score (nSPS) is 12.6. The summed E-state index contributed by atoms with van der Waals surface area (Å²) in [6.07, 6.45) is 3.64. The molecule has 0 aliphatic rings. The second-order valence-electron chi connectivity index (χ2n) is 5.56. The monoisotopic (exact) mass is 217 g/mol. The fraction of sp³-hybridized carbons (Fsp3) is 0.538. The molecule has 0 fully saturated rings. The van der Waals surface area contributed by atoms with E-state index in [1.165, 1.54) is 11.4 Å². The van der Waals surface area contributed by atoms with Crippen LogP contribution in [0.1, 0.15) is 51.9 Å². The Morgan fingerprint density at radius 3 is 2.50 bits per heavy atom. The topological polar surface area (TPSA) is 30.2 Å². The van der Waals surface area contributed by atoms with Crippen LogP contribution in [0, 0.1) is 0 Å². The average molecular weight is 217 g/mol. The minimum Gasteiger partial charge on any atom is -0.287 e. The SMILES string of the molecule is CC(C)c1c(C(C)(C)C)nc2ccncn12. The molecule has 0 atom stereocenters. The molecule has 0 radical (unpaired) electrons. The standard InChI is InChI=1S/C13H19N3/c1-9(2)11-12(13(3,4)5)15-10-6-7-14-8-16(10)11/h6-9H,1-5H3. The summed E-state index contributed by atoms with van der Waals surface area (Å²) in [5, 5.41) is 0. The predicted octanol–water partition coefficient (Wildman–Crippen LogP) is 3.15. The van der Waals surface area contributed by atoms with Crippen molar-refractivity contribution in [2.45, 2.75) is 46.0 Å². The third kappa shape index (κ3) is 1.70. The van der Waals surface area contributed by atoms with Crippen molar-refractivity contribution in [3.8, 4) is 0 Å². The highest BCUT2D eigenvalue weighted by Gasteiger charge is 2.25. The maximum Gasteiger partial charge on any atom is 0.140 e. The van der Waals surface area contributed by atoms with Crippen LogP contribution >= 0.6 is 0 Å². The lowest BCUT2D eigenvalue weighted by molar-refractivity contribution is 0.557. The van der Waals surface area contributed by atoms with Gasteiger partial charge in [-0.15, -0.1) is 0 Å². The van der Waals surface area contributed by atoms with E-state index in [-0.39, 0.29) is 5.41 Å². The van der Waals surface area contributed by atoms with Gasteiger partial charge in [-0.2, -0.15) is 0 Å². The fourth-order valence-electron chi connectivity index (χ4n) is 2.02. The van der Waals surface area contributed by atoms with E-state index >= 15 is 0 Å². The van der Waals surface area contributed by atoms with Crippen molar-refractivity contribution < 1.29 is 0 Å². The Kier molecular flexibility index (Phi) is 2.49. The van der Waals surface area contributed by atoms with Gasteiger partial charge < -0.3 is 0 Å². The van der Waals surface area contributed by atoms with Gasteiger partial charge in [-0.1, -0.05) is 34.6 Å². The largest absolute Gasteiger partial charge is 0.287 e. The van der Waals surface area contributed by atoms with Gasteiger partial charge in [-0.3, -0.25) is 4.40 Å². The number of hydrogen-bond donors (Lipinski definition) is 0. The summed E-state index contributed by atoms with van der Waals surface area (Å²) >= 11 is 0. The highest BCUT2D eigenvalue weighted by Crippen LogP contribution is 2.30. The maximum atomic E-state index is 4.73. The van der Waals surface area contributed by atoms with Gasteiger partial charge in [0.25, 0.3) is 0 Å². The molecule has 2 aromatic rings. The van der Waals surface area contributed by atoms with Crippen LogP contribution in [0.5, 0.6) is 0 Å². The summed E-state index contributed by atoms with van der Waals surface area (Å²) in [6.45, 7) is 11.0. The number of rotatable bonds is 1. The number of nitrogens with zero attached hydrogens (tertiary/aromatic N) is 3. The van der Waals surface area contributed by atoms with Crippen LogP contribution in [-0.2, 0) is 5.41 Å². The number of hydrogen-bond acceptors (Lipinski definition) is 2. The first kappa shape index (κ1) is 11.1. The molecule has 2 rings (SSSR count). The van der Waals surface area contributed by atoms with E-state index in [0.29, 0.717) is 5.92 Å². The van der Waals surface area contributed by atoms with Crippen molar-refractivity contribution >= 4 is 5.65 Å². The predicted molar refractivity (Wildman–Crippen MR) is 65.8 cm³/mol. The van der Waals surface area contributed by atoms with Gasteiger partial charge in [0.15, 0.2) is 0 Å². The highest BCUT2D eigenvalue weighted by atomic mass is 15.1. The zero-order chi connectivity index (χ0) is 11.9. The lowest BCUT2D eigenvalue weighted by Gasteiger charge is -2.19. The summed E-state index contributed by atoms with van der Waals surface area (Å²) in [5.74, 6) is 0.452. The minimum atomic E-state index is 0.0750. The smallest absolute Gasteiger partial charge is 0.140 e. The zero-order valence-corrected chi connectivity index (χ0v) is 10.7. The molecular formula is C13H19N3. The average Bonchev–Trinajstić information content (AvgIpc) is 2.55. The molecule has 3 nitrogen and oxygen atoms in total. The Morgan fingerprint density at radius 1 is 1.25 bits per heavy atom. The lowest BCUT2D eigenvalue weighted by atomic mass is 9.88. The molecule has 0 aliphatic heterocycles. The van der Waals surface area contributed by atoms with Gasteiger partial charge in [0.05, 0.1) is 11.4 Å². The van der Waals surface area contributed by atoms with Crippen LogP contribution < -0.4 is 0 Å². The Bertz CT molecular complexity index is 503. The summed E-state index contributed by atoms with van der Waals surface area (Å²) in [7, 11) is 0. The second kappa shape index (κ2) is 3.58. The number of imidazole rings is 1. The molecule has 0 saturated carbocycles. The van der Waals surface area contributed by atoms with Crippen molar-refractivity contribution in [1.82, 2.24) is 14.4 Å². The molecule has 0 unspecified atom stereocenters. The molecule has 2 aromatic heterocycles. The molecule has 3 heteroatoms. The molecule has 16 heavy (non-hydrogen) atoms. The van der Waals surface area contributed by atoms with Gasteiger partial charge >= 0.3 is 0 Å². The van der Waals surface area contributed by atoms with E-state index in [9.17, 15) is 0 Å². The van der Waals surface area contributed by atoms with Gasteiger partial charge in [-0.05, 0) is 12.0 Å².